The highest BCUT2D eigenvalue weighted by Crippen LogP contribution is 2.21. The second-order valence-electron chi connectivity index (χ2n) is 4.40. The molecule has 18 heavy (non-hydrogen) atoms. The van der Waals surface area contributed by atoms with Crippen LogP contribution in [0.25, 0.3) is 0 Å². The summed E-state index contributed by atoms with van der Waals surface area (Å²) < 4.78 is 7.19. The molecule has 0 aliphatic heterocycles. The number of rotatable bonds is 5. The lowest BCUT2D eigenvalue weighted by Crippen LogP contribution is -2.15. The maximum atomic E-state index is 11.2. The minimum atomic E-state index is -0.888. The predicted molar refractivity (Wildman–Crippen MR) is 67.9 cm³/mol. The van der Waals surface area contributed by atoms with Crippen molar-refractivity contribution in [2.45, 2.75) is 32.7 Å². The summed E-state index contributed by atoms with van der Waals surface area (Å²) in [5, 5.41) is 9.21. The molecule has 0 aliphatic rings. The number of nitrogens with zero attached hydrogens (tertiary/aromatic N) is 1. The molecule has 2 aromatic rings. The molecule has 4 heteroatoms. The Morgan fingerprint density at radius 1 is 1.44 bits per heavy atom. The molecular formula is C14H17NO3. The summed E-state index contributed by atoms with van der Waals surface area (Å²) in [6.07, 6.45) is 3.13. The molecule has 0 spiro atoms. The van der Waals surface area contributed by atoms with Gasteiger partial charge < -0.3 is 14.1 Å². The minimum absolute atomic E-state index is 0.163. The van der Waals surface area contributed by atoms with Gasteiger partial charge in [0.25, 0.3) is 0 Å². The van der Waals surface area contributed by atoms with Crippen molar-refractivity contribution < 1.29 is 14.3 Å². The van der Waals surface area contributed by atoms with Crippen molar-refractivity contribution in [3.05, 3.63) is 47.7 Å². The van der Waals surface area contributed by atoms with E-state index in [2.05, 4.69) is 0 Å². The summed E-state index contributed by atoms with van der Waals surface area (Å²) in [5.74, 6) is -0.0458. The summed E-state index contributed by atoms with van der Waals surface area (Å²) >= 11 is 0. The van der Waals surface area contributed by atoms with Gasteiger partial charge >= 0.3 is 5.97 Å². The zero-order chi connectivity index (χ0) is 13.1. The number of hydrogen-bond donors (Lipinski definition) is 1. The van der Waals surface area contributed by atoms with Gasteiger partial charge in [-0.05, 0) is 37.6 Å². The zero-order valence-electron chi connectivity index (χ0n) is 10.6. The first-order valence-corrected chi connectivity index (χ1v) is 6.09. The average molecular weight is 247 g/mol. The molecule has 0 amide bonds. The number of carbonyl (C=O) groups is 1. The van der Waals surface area contributed by atoms with Gasteiger partial charge in [0.2, 0.25) is 0 Å². The van der Waals surface area contributed by atoms with Gasteiger partial charge in [-0.2, -0.15) is 0 Å². The van der Waals surface area contributed by atoms with Gasteiger partial charge in [0.15, 0.2) is 0 Å². The lowest BCUT2D eigenvalue weighted by Gasteiger charge is -2.17. The number of aromatic nitrogens is 1. The van der Waals surface area contributed by atoms with Crippen LogP contribution in [0, 0.1) is 0 Å². The summed E-state index contributed by atoms with van der Waals surface area (Å²) in [7, 11) is 0. The molecule has 96 valence electrons. The Morgan fingerprint density at radius 3 is 2.78 bits per heavy atom. The van der Waals surface area contributed by atoms with E-state index in [0.29, 0.717) is 12.1 Å². The quantitative estimate of drug-likeness (QED) is 0.881. The van der Waals surface area contributed by atoms with E-state index in [1.165, 1.54) is 0 Å². The van der Waals surface area contributed by atoms with E-state index in [9.17, 15) is 9.90 Å². The summed E-state index contributed by atoms with van der Waals surface area (Å²) in [5.41, 5.74) is 1.31. The van der Waals surface area contributed by atoms with E-state index in [1.54, 1.807) is 12.3 Å². The Morgan fingerprint density at radius 2 is 2.22 bits per heavy atom. The van der Waals surface area contributed by atoms with Crippen LogP contribution in [-0.4, -0.2) is 15.6 Å². The van der Waals surface area contributed by atoms with E-state index in [1.807, 2.05) is 36.6 Å². The molecule has 0 aromatic carbocycles. The number of aromatic carboxylic acids is 1. The maximum Gasteiger partial charge on any atom is 0.352 e. The lowest BCUT2D eigenvalue weighted by molar-refractivity contribution is 0.0682. The third-order valence-corrected chi connectivity index (χ3v) is 3.19. The molecule has 0 radical (unpaired) electrons. The van der Waals surface area contributed by atoms with Crippen LogP contribution in [0.1, 0.15) is 48.3 Å². The summed E-state index contributed by atoms with van der Waals surface area (Å²) in [4.78, 5) is 11.2. The monoisotopic (exact) mass is 247 g/mol. The number of furan rings is 1. The van der Waals surface area contributed by atoms with Crippen molar-refractivity contribution in [3.8, 4) is 0 Å². The van der Waals surface area contributed by atoms with Gasteiger partial charge in [0, 0.05) is 18.2 Å². The largest absolute Gasteiger partial charge is 0.477 e. The van der Waals surface area contributed by atoms with Crippen molar-refractivity contribution in [2.24, 2.45) is 0 Å². The van der Waals surface area contributed by atoms with Gasteiger partial charge in [-0.15, -0.1) is 0 Å². The molecule has 0 saturated carbocycles. The normalized spacial score (nSPS) is 12.6. The van der Waals surface area contributed by atoms with Crippen LogP contribution in [0.4, 0.5) is 0 Å². The Labute approximate surface area is 106 Å². The highest BCUT2D eigenvalue weighted by Gasteiger charge is 2.18. The molecule has 1 atom stereocenters. The average Bonchev–Trinajstić information content (AvgIpc) is 2.97. The predicted octanol–water partition coefficient (Wildman–Crippen LogP) is 3.34. The molecule has 0 bridgehead atoms. The Hall–Kier alpha value is -1.97. The first-order valence-electron chi connectivity index (χ1n) is 6.09. The van der Waals surface area contributed by atoms with Crippen molar-refractivity contribution in [1.82, 2.24) is 4.57 Å². The molecule has 1 N–H and O–H groups in total. The first kappa shape index (κ1) is 12.5. The molecule has 0 aliphatic carbocycles. The smallest absolute Gasteiger partial charge is 0.352 e. The number of hydrogen-bond acceptors (Lipinski definition) is 2. The van der Waals surface area contributed by atoms with Crippen LogP contribution in [0.15, 0.2) is 34.9 Å². The van der Waals surface area contributed by atoms with Crippen LogP contribution < -0.4 is 0 Å². The number of carboxylic acids is 1. The molecule has 0 fully saturated rings. The third kappa shape index (κ3) is 2.32. The van der Waals surface area contributed by atoms with Crippen molar-refractivity contribution in [2.75, 3.05) is 0 Å². The molecule has 0 saturated heterocycles. The van der Waals surface area contributed by atoms with E-state index >= 15 is 0 Å². The topological polar surface area (TPSA) is 55.4 Å². The lowest BCUT2D eigenvalue weighted by atomic mass is 10.2. The third-order valence-electron chi connectivity index (χ3n) is 3.19. The van der Waals surface area contributed by atoms with E-state index < -0.39 is 5.97 Å². The van der Waals surface area contributed by atoms with Crippen LogP contribution >= 0.6 is 0 Å². The number of carboxylic acid groups (broad SMARTS) is 1. The molecule has 2 rings (SSSR count). The second kappa shape index (κ2) is 5.12. The fourth-order valence-corrected chi connectivity index (χ4v) is 2.10. The van der Waals surface area contributed by atoms with Crippen LogP contribution in [0.3, 0.4) is 0 Å². The molecule has 2 heterocycles. The summed E-state index contributed by atoms with van der Waals surface area (Å²) in [6, 6.07) is 7.42. The van der Waals surface area contributed by atoms with Gasteiger partial charge in [0.1, 0.15) is 11.5 Å². The van der Waals surface area contributed by atoms with Gasteiger partial charge in [-0.3, -0.25) is 0 Å². The van der Waals surface area contributed by atoms with Crippen molar-refractivity contribution in [1.29, 1.82) is 0 Å². The maximum absolute atomic E-state index is 11.2. The van der Waals surface area contributed by atoms with E-state index in [-0.39, 0.29) is 6.04 Å². The van der Waals surface area contributed by atoms with Gasteiger partial charge in [-0.25, -0.2) is 4.79 Å². The Kier molecular flexibility index (Phi) is 3.55. The summed E-state index contributed by atoms with van der Waals surface area (Å²) in [6.45, 7) is 4.07. The van der Waals surface area contributed by atoms with Crippen molar-refractivity contribution >= 4 is 5.97 Å². The highest BCUT2D eigenvalue weighted by atomic mass is 16.4. The SMILES string of the molecule is CC[C@H](C)n1c(Cc2ccco2)ccc1C(=O)O. The van der Waals surface area contributed by atoms with Crippen LogP contribution in [-0.2, 0) is 6.42 Å². The van der Waals surface area contributed by atoms with E-state index in [4.69, 9.17) is 4.42 Å². The van der Waals surface area contributed by atoms with Crippen molar-refractivity contribution in [3.63, 3.8) is 0 Å². The Balaban J connectivity index is 2.38. The van der Waals surface area contributed by atoms with Crippen LogP contribution in [0.5, 0.6) is 0 Å². The zero-order valence-corrected chi connectivity index (χ0v) is 10.6. The standard InChI is InChI=1S/C14H17NO3/c1-3-10(2)15-11(6-7-13(15)14(16)17)9-12-5-4-8-18-12/h4-8,10H,3,9H2,1-2H3,(H,16,17)/t10-/m0/s1. The van der Waals surface area contributed by atoms with Crippen LogP contribution in [0.2, 0.25) is 0 Å². The molecular weight excluding hydrogens is 230 g/mol. The fourth-order valence-electron chi connectivity index (χ4n) is 2.10. The fraction of sp³-hybridized carbons (Fsp3) is 0.357. The molecule has 2 aromatic heterocycles. The highest BCUT2D eigenvalue weighted by molar-refractivity contribution is 5.86. The molecule has 4 nitrogen and oxygen atoms in total. The first-order chi connectivity index (χ1) is 8.63. The minimum Gasteiger partial charge on any atom is -0.477 e. The Bertz CT molecular complexity index is 525. The second-order valence-corrected chi connectivity index (χ2v) is 4.40. The van der Waals surface area contributed by atoms with Gasteiger partial charge in [0.05, 0.1) is 6.26 Å². The van der Waals surface area contributed by atoms with Gasteiger partial charge in [-0.1, -0.05) is 6.92 Å². The molecule has 0 unspecified atom stereocenters. The van der Waals surface area contributed by atoms with E-state index in [0.717, 1.165) is 17.9 Å².